The van der Waals surface area contributed by atoms with E-state index in [0.717, 1.165) is 41.4 Å². The molecular formula is C13H13BrClNO. The van der Waals surface area contributed by atoms with Gasteiger partial charge in [-0.15, -0.1) is 0 Å². The van der Waals surface area contributed by atoms with E-state index in [2.05, 4.69) is 20.9 Å². The normalized spacial score (nSPS) is 10.7. The lowest BCUT2D eigenvalue weighted by Gasteiger charge is -2.06. The number of halogens is 2. The van der Waals surface area contributed by atoms with Crippen molar-refractivity contribution in [3.8, 4) is 5.75 Å². The first kappa shape index (κ1) is 12.7. The fourth-order valence-electron chi connectivity index (χ4n) is 1.55. The number of hydrogen-bond acceptors (Lipinski definition) is 2. The lowest BCUT2D eigenvalue weighted by atomic mass is 10.2. The number of nitrogens with zero attached hydrogens (tertiary/aromatic N) is 1. The van der Waals surface area contributed by atoms with Gasteiger partial charge in [0.05, 0.1) is 12.1 Å². The largest absolute Gasteiger partial charge is 0.494 e. The first-order valence-corrected chi connectivity index (χ1v) is 7.04. The van der Waals surface area contributed by atoms with E-state index in [1.807, 2.05) is 24.3 Å². The zero-order valence-electron chi connectivity index (χ0n) is 9.33. The molecule has 0 unspecified atom stereocenters. The van der Waals surface area contributed by atoms with E-state index in [1.165, 1.54) is 0 Å². The molecule has 0 amide bonds. The summed E-state index contributed by atoms with van der Waals surface area (Å²) in [7, 11) is 0. The summed E-state index contributed by atoms with van der Waals surface area (Å²) in [4.78, 5) is 4.26. The number of alkyl halides is 1. The third-order valence-corrected chi connectivity index (χ3v) is 3.20. The molecule has 0 saturated heterocycles. The first-order valence-electron chi connectivity index (χ1n) is 5.54. The van der Waals surface area contributed by atoms with Gasteiger partial charge in [0, 0.05) is 16.8 Å². The summed E-state index contributed by atoms with van der Waals surface area (Å²) in [5, 5.41) is 2.60. The molecule has 1 heterocycles. The van der Waals surface area contributed by atoms with Crippen molar-refractivity contribution in [2.75, 3.05) is 11.9 Å². The van der Waals surface area contributed by atoms with Gasteiger partial charge in [-0.2, -0.15) is 0 Å². The van der Waals surface area contributed by atoms with Crippen LogP contribution in [-0.2, 0) is 0 Å². The number of ether oxygens (including phenoxy) is 1. The Labute approximate surface area is 114 Å². The topological polar surface area (TPSA) is 22.1 Å². The number of benzene rings is 1. The zero-order valence-corrected chi connectivity index (χ0v) is 11.7. The molecule has 1 aromatic heterocycles. The molecule has 0 fully saturated rings. The molecule has 2 rings (SSSR count). The van der Waals surface area contributed by atoms with E-state index in [9.17, 15) is 0 Å². The predicted octanol–water partition coefficient (Wildman–Crippen LogP) is 4.44. The maximum atomic E-state index is 5.86. The van der Waals surface area contributed by atoms with Gasteiger partial charge in [0.1, 0.15) is 10.9 Å². The van der Waals surface area contributed by atoms with Crippen molar-refractivity contribution >= 4 is 38.4 Å². The minimum atomic E-state index is 0.508. The Hall–Kier alpha value is -0.800. The summed E-state index contributed by atoms with van der Waals surface area (Å²) in [6.07, 6.45) is 2.17. The molecule has 0 saturated carbocycles. The number of hydrogen-bond donors (Lipinski definition) is 0. The molecule has 0 aliphatic carbocycles. The Morgan fingerprint density at radius 1 is 1.18 bits per heavy atom. The average Bonchev–Trinajstić information content (AvgIpc) is 2.34. The van der Waals surface area contributed by atoms with Crippen molar-refractivity contribution in [1.29, 1.82) is 0 Å². The molecule has 2 aromatic rings. The standard InChI is InChI=1S/C13H13BrClNO/c14-7-1-2-8-17-11-5-3-10-4-6-13(15)16-12(10)9-11/h3-6,9H,1-2,7-8H2. The quantitative estimate of drug-likeness (QED) is 0.462. The van der Waals surface area contributed by atoms with Gasteiger partial charge in [0.15, 0.2) is 0 Å². The van der Waals surface area contributed by atoms with Gasteiger partial charge in [-0.1, -0.05) is 27.5 Å². The highest BCUT2D eigenvalue weighted by Gasteiger charge is 1.99. The van der Waals surface area contributed by atoms with Gasteiger partial charge in [-0.3, -0.25) is 0 Å². The van der Waals surface area contributed by atoms with Crippen LogP contribution in [0.3, 0.4) is 0 Å². The SMILES string of the molecule is Clc1ccc2ccc(OCCCCBr)cc2n1. The first-order chi connectivity index (χ1) is 8.29. The molecule has 0 atom stereocenters. The maximum Gasteiger partial charge on any atom is 0.129 e. The molecule has 0 spiro atoms. The second-order valence-electron chi connectivity index (χ2n) is 3.73. The molecule has 2 nitrogen and oxygen atoms in total. The average molecular weight is 315 g/mol. The summed E-state index contributed by atoms with van der Waals surface area (Å²) in [6, 6.07) is 9.64. The molecule has 0 radical (unpaired) electrons. The Kier molecular flexibility index (Phi) is 4.63. The van der Waals surface area contributed by atoms with Crippen LogP contribution in [0.4, 0.5) is 0 Å². The van der Waals surface area contributed by atoms with Gasteiger partial charge < -0.3 is 4.74 Å². The molecule has 17 heavy (non-hydrogen) atoms. The van der Waals surface area contributed by atoms with Gasteiger partial charge >= 0.3 is 0 Å². The highest BCUT2D eigenvalue weighted by atomic mass is 79.9. The monoisotopic (exact) mass is 313 g/mol. The maximum absolute atomic E-state index is 5.86. The molecular weight excluding hydrogens is 302 g/mol. The Morgan fingerprint density at radius 3 is 2.82 bits per heavy atom. The summed E-state index contributed by atoms with van der Waals surface area (Å²) >= 11 is 9.26. The molecule has 0 aliphatic rings. The van der Waals surface area contributed by atoms with Crippen molar-refractivity contribution in [3.63, 3.8) is 0 Å². The Bertz CT molecular complexity index is 504. The Balaban J connectivity index is 2.08. The van der Waals surface area contributed by atoms with Gasteiger partial charge in [0.25, 0.3) is 0 Å². The lowest BCUT2D eigenvalue weighted by Crippen LogP contribution is -1.97. The van der Waals surface area contributed by atoms with E-state index >= 15 is 0 Å². The summed E-state index contributed by atoms with van der Waals surface area (Å²) in [6.45, 7) is 0.734. The second-order valence-corrected chi connectivity index (χ2v) is 4.91. The van der Waals surface area contributed by atoms with Crippen molar-refractivity contribution in [1.82, 2.24) is 4.98 Å². The number of pyridine rings is 1. The highest BCUT2D eigenvalue weighted by Crippen LogP contribution is 2.21. The van der Waals surface area contributed by atoms with Crippen molar-refractivity contribution in [2.24, 2.45) is 0 Å². The fraction of sp³-hybridized carbons (Fsp3) is 0.308. The minimum Gasteiger partial charge on any atom is -0.494 e. The van der Waals surface area contributed by atoms with Crippen molar-refractivity contribution in [2.45, 2.75) is 12.8 Å². The number of aromatic nitrogens is 1. The summed E-state index contributed by atoms with van der Waals surface area (Å²) in [5.74, 6) is 0.849. The van der Waals surface area contributed by atoms with Crippen LogP contribution >= 0.6 is 27.5 Å². The number of unbranched alkanes of at least 4 members (excludes halogenated alkanes) is 1. The summed E-state index contributed by atoms with van der Waals surface area (Å²) in [5.41, 5.74) is 0.871. The van der Waals surface area contributed by atoms with Crippen LogP contribution in [0.15, 0.2) is 30.3 Å². The molecule has 0 bridgehead atoms. The van der Waals surface area contributed by atoms with Gasteiger partial charge in [-0.05, 0) is 37.1 Å². The molecule has 0 aliphatic heterocycles. The Morgan fingerprint density at radius 2 is 2.00 bits per heavy atom. The van der Waals surface area contributed by atoms with E-state index in [0.29, 0.717) is 5.15 Å². The van der Waals surface area contributed by atoms with Crippen LogP contribution in [-0.4, -0.2) is 16.9 Å². The van der Waals surface area contributed by atoms with Crippen LogP contribution < -0.4 is 4.74 Å². The molecule has 90 valence electrons. The van der Waals surface area contributed by atoms with Gasteiger partial charge in [-0.25, -0.2) is 4.98 Å². The van der Waals surface area contributed by atoms with Gasteiger partial charge in [0.2, 0.25) is 0 Å². The minimum absolute atomic E-state index is 0.508. The van der Waals surface area contributed by atoms with Crippen LogP contribution in [0.2, 0.25) is 5.15 Å². The van der Waals surface area contributed by atoms with E-state index < -0.39 is 0 Å². The van der Waals surface area contributed by atoms with Crippen LogP contribution in [0.5, 0.6) is 5.75 Å². The lowest BCUT2D eigenvalue weighted by molar-refractivity contribution is 0.310. The van der Waals surface area contributed by atoms with Crippen molar-refractivity contribution < 1.29 is 4.74 Å². The molecule has 1 aromatic carbocycles. The molecule has 4 heteroatoms. The van der Waals surface area contributed by atoms with E-state index in [-0.39, 0.29) is 0 Å². The van der Waals surface area contributed by atoms with Crippen LogP contribution in [0, 0.1) is 0 Å². The smallest absolute Gasteiger partial charge is 0.129 e. The van der Waals surface area contributed by atoms with E-state index in [1.54, 1.807) is 6.07 Å². The highest BCUT2D eigenvalue weighted by molar-refractivity contribution is 9.09. The zero-order chi connectivity index (χ0) is 12.1. The van der Waals surface area contributed by atoms with Crippen LogP contribution in [0.25, 0.3) is 10.9 Å². The third-order valence-electron chi connectivity index (χ3n) is 2.43. The number of fused-ring (bicyclic) bond motifs is 1. The molecule has 0 N–H and O–H groups in total. The number of rotatable bonds is 5. The summed E-state index contributed by atoms with van der Waals surface area (Å²) < 4.78 is 5.65. The fourth-order valence-corrected chi connectivity index (χ4v) is 2.10. The predicted molar refractivity (Wildman–Crippen MR) is 75.3 cm³/mol. The van der Waals surface area contributed by atoms with Crippen molar-refractivity contribution in [3.05, 3.63) is 35.5 Å². The van der Waals surface area contributed by atoms with Crippen LogP contribution in [0.1, 0.15) is 12.8 Å². The second kappa shape index (κ2) is 6.22. The van der Waals surface area contributed by atoms with E-state index in [4.69, 9.17) is 16.3 Å². The third kappa shape index (κ3) is 3.58.